The summed E-state index contributed by atoms with van der Waals surface area (Å²) in [6, 6.07) is 8.94. The van der Waals surface area contributed by atoms with Gasteiger partial charge in [0, 0.05) is 12.1 Å². The molecule has 4 nitrogen and oxygen atoms in total. The first-order valence-electron chi connectivity index (χ1n) is 6.79. The van der Waals surface area contributed by atoms with Gasteiger partial charge in [-0.25, -0.2) is 0 Å². The van der Waals surface area contributed by atoms with Gasteiger partial charge in [-0.2, -0.15) is 0 Å². The number of nitrogens with zero attached hydrogens (tertiary/aromatic N) is 1. The Bertz CT molecular complexity index is 462. The highest BCUT2D eigenvalue weighted by Crippen LogP contribution is 2.29. The molecule has 0 saturated carbocycles. The molecule has 0 aliphatic heterocycles. The predicted molar refractivity (Wildman–Crippen MR) is 79.7 cm³/mol. The Hall–Kier alpha value is -1.84. The van der Waals surface area contributed by atoms with Crippen molar-refractivity contribution in [3.63, 3.8) is 0 Å². The average Bonchev–Trinajstić information content (AvgIpc) is 2.35. The number of anilines is 1. The maximum Gasteiger partial charge on any atom is 0.323 e. The van der Waals surface area contributed by atoms with Crippen LogP contribution >= 0.6 is 0 Å². The van der Waals surface area contributed by atoms with E-state index >= 15 is 0 Å². The molecule has 1 amide bonds. The number of amides is 1. The molecule has 1 unspecified atom stereocenters. The minimum absolute atomic E-state index is 0.0151. The summed E-state index contributed by atoms with van der Waals surface area (Å²) in [6.07, 6.45) is 0.339. The molecule has 0 radical (unpaired) electrons. The van der Waals surface area contributed by atoms with Crippen molar-refractivity contribution in [2.45, 2.75) is 34.1 Å². The Morgan fingerprint density at radius 2 is 1.75 bits per heavy atom. The van der Waals surface area contributed by atoms with Crippen LogP contribution in [0, 0.1) is 11.3 Å². The van der Waals surface area contributed by atoms with Gasteiger partial charge in [-0.05, 0) is 23.5 Å². The van der Waals surface area contributed by atoms with E-state index in [9.17, 15) is 9.59 Å². The number of carbonyl (C=O) groups excluding carboxylic acids is 1. The minimum Gasteiger partial charge on any atom is -0.480 e. The number of rotatable bonds is 5. The summed E-state index contributed by atoms with van der Waals surface area (Å²) in [5, 5.41) is 8.99. The Kier molecular flexibility index (Phi) is 5.31. The molecule has 0 bridgehead atoms. The quantitative estimate of drug-likeness (QED) is 0.899. The summed E-state index contributed by atoms with van der Waals surface area (Å²) in [5.41, 5.74) is 0.641. The lowest BCUT2D eigenvalue weighted by Crippen LogP contribution is -2.37. The zero-order chi connectivity index (χ0) is 15.3. The first-order chi connectivity index (χ1) is 9.21. The van der Waals surface area contributed by atoms with Gasteiger partial charge in [-0.15, -0.1) is 0 Å². The van der Waals surface area contributed by atoms with Crippen LogP contribution < -0.4 is 4.90 Å². The van der Waals surface area contributed by atoms with Gasteiger partial charge in [0.05, 0.1) is 0 Å². The van der Waals surface area contributed by atoms with Crippen molar-refractivity contribution in [1.82, 2.24) is 0 Å². The van der Waals surface area contributed by atoms with Gasteiger partial charge in [-0.3, -0.25) is 9.59 Å². The smallest absolute Gasteiger partial charge is 0.323 e. The van der Waals surface area contributed by atoms with Crippen molar-refractivity contribution >= 4 is 17.6 Å². The lowest BCUT2D eigenvalue weighted by Gasteiger charge is -2.29. The summed E-state index contributed by atoms with van der Waals surface area (Å²) in [5.74, 6) is -0.985. The third kappa shape index (κ3) is 4.68. The van der Waals surface area contributed by atoms with Crippen LogP contribution in [0.25, 0.3) is 0 Å². The van der Waals surface area contributed by atoms with Crippen LogP contribution in [0.2, 0.25) is 0 Å². The van der Waals surface area contributed by atoms with E-state index in [1.54, 1.807) is 24.3 Å². The maximum atomic E-state index is 12.4. The molecule has 0 fully saturated rings. The summed E-state index contributed by atoms with van der Waals surface area (Å²) >= 11 is 0. The summed E-state index contributed by atoms with van der Waals surface area (Å²) < 4.78 is 0. The lowest BCUT2D eigenvalue weighted by molar-refractivity contribution is -0.136. The number of carboxylic acids is 1. The largest absolute Gasteiger partial charge is 0.480 e. The van der Waals surface area contributed by atoms with Crippen LogP contribution in [0.5, 0.6) is 0 Å². The Morgan fingerprint density at radius 1 is 1.20 bits per heavy atom. The molecule has 0 spiro atoms. The number of hydrogen-bond acceptors (Lipinski definition) is 2. The van der Waals surface area contributed by atoms with Crippen LogP contribution in [-0.4, -0.2) is 23.5 Å². The van der Waals surface area contributed by atoms with Crippen LogP contribution in [0.1, 0.15) is 34.1 Å². The number of carboxylic acid groups (broad SMARTS) is 1. The number of benzene rings is 1. The third-order valence-corrected chi connectivity index (χ3v) is 3.62. The normalized spacial score (nSPS) is 12.8. The van der Waals surface area contributed by atoms with E-state index in [2.05, 4.69) is 20.8 Å². The molecule has 0 aliphatic carbocycles. The number of para-hydroxylation sites is 1. The van der Waals surface area contributed by atoms with Crippen molar-refractivity contribution < 1.29 is 14.7 Å². The SMILES string of the molecule is CC(CC(=O)N(CC(=O)O)c1ccccc1)C(C)(C)C. The highest BCUT2D eigenvalue weighted by atomic mass is 16.4. The van der Waals surface area contributed by atoms with Gasteiger partial charge in [0.1, 0.15) is 6.54 Å². The monoisotopic (exact) mass is 277 g/mol. The Labute approximate surface area is 120 Å². The highest BCUT2D eigenvalue weighted by molar-refractivity contribution is 5.97. The van der Waals surface area contributed by atoms with Crippen molar-refractivity contribution in [2.75, 3.05) is 11.4 Å². The van der Waals surface area contributed by atoms with Crippen molar-refractivity contribution in [2.24, 2.45) is 11.3 Å². The van der Waals surface area contributed by atoms with E-state index in [0.29, 0.717) is 12.1 Å². The standard InChI is InChI=1S/C16H23NO3/c1-12(16(2,3)4)10-14(18)17(11-15(19)20)13-8-6-5-7-9-13/h5-9,12H,10-11H2,1-4H3,(H,19,20). The molecule has 1 N–H and O–H groups in total. The van der Waals surface area contributed by atoms with Gasteiger partial charge < -0.3 is 10.0 Å². The topological polar surface area (TPSA) is 57.6 Å². The molecular formula is C16H23NO3. The predicted octanol–water partition coefficient (Wildman–Crippen LogP) is 3.18. The van der Waals surface area contributed by atoms with Gasteiger partial charge in [0.25, 0.3) is 0 Å². The van der Waals surface area contributed by atoms with Crippen LogP contribution in [0.4, 0.5) is 5.69 Å². The molecule has 1 rings (SSSR count). The van der Waals surface area contributed by atoms with Gasteiger partial charge >= 0.3 is 5.97 Å². The van der Waals surface area contributed by atoms with Crippen LogP contribution in [-0.2, 0) is 9.59 Å². The van der Waals surface area contributed by atoms with Crippen molar-refractivity contribution in [1.29, 1.82) is 0 Å². The average molecular weight is 277 g/mol. The molecule has 1 aromatic rings. The molecule has 0 heterocycles. The lowest BCUT2D eigenvalue weighted by atomic mass is 9.80. The van der Waals surface area contributed by atoms with E-state index in [1.807, 2.05) is 13.0 Å². The second-order valence-corrected chi connectivity index (χ2v) is 6.18. The van der Waals surface area contributed by atoms with Gasteiger partial charge in [0.15, 0.2) is 0 Å². The summed E-state index contributed by atoms with van der Waals surface area (Å²) in [6.45, 7) is 7.94. The van der Waals surface area contributed by atoms with Crippen molar-refractivity contribution in [3.05, 3.63) is 30.3 Å². The number of hydrogen-bond donors (Lipinski definition) is 1. The fourth-order valence-corrected chi connectivity index (χ4v) is 1.74. The second kappa shape index (κ2) is 6.55. The Balaban J connectivity index is 2.89. The third-order valence-electron chi connectivity index (χ3n) is 3.62. The maximum absolute atomic E-state index is 12.4. The molecule has 1 atom stereocenters. The molecule has 1 aromatic carbocycles. The van der Waals surface area contributed by atoms with Crippen LogP contribution in [0.15, 0.2) is 30.3 Å². The molecule has 110 valence electrons. The zero-order valence-electron chi connectivity index (χ0n) is 12.6. The number of aliphatic carboxylic acids is 1. The number of carbonyl (C=O) groups is 2. The summed E-state index contributed by atoms with van der Waals surface area (Å²) in [7, 11) is 0. The highest BCUT2D eigenvalue weighted by Gasteiger charge is 2.26. The van der Waals surface area contributed by atoms with E-state index in [4.69, 9.17) is 5.11 Å². The van der Waals surface area contributed by atoms with E-state index in [0.717, 1.165) is 0 Å². The van der Waals surface area contributed by atoms with E-state index in [-0.39, 0.29) is 23.8 Å². The molecule has 0 saturated heterocycles. The minimum atomic E-state index is -1.01. The molecular weight excluding hydrogens is 254 g/mol. The van der Waals surface area contributed by atoms with Crippen LogP contribution in [0.3, 0.4) is 0 Å². The fraction of sp³-hybridized carbons (Fsp3) is 0.500. The van der Waals surface area contributed by atoms with E-state index in [1.165, 1.54) is 4.90 Å². The molecule has 0 aromatic heterocycles. The van der Waals surface area contributed by atoms with Crippen molar-refractivity contribution in [3.8, 4) is 0 Å². The summed E-state index contributed by atoms with van der Waals surface area (Å²) in [4.78, 5) is 24.7. The molecule has 0 aliphatic rings. The first-order valence-corrected chi connectivity index (χ1v) is 6.79. The van der Waals surface area contributed by atoms with Gasteiger partial charge in [-0.1, -0.05) is 45.9 Å². The Morgan fingerprint density at radius 3 is 2.20 bits per heavy atom. The second-order valence-electron chi connectivity index (χ2n) is 6.18. The zero-order valence-corrected chi connectivity index (χ0v) is 12.6. The van der Waals surface area contributed by atoms with E-state index < -0.39 is 5.97 Å². The first kappa shape index (κ1) is 16.2. The fourth-order valence-electron chi connectivity index (χ4n) is 1.74. The molecule has 20 heavy (non-hydrogen) atoms. The van der Waals surface area contributed by atoms with Gasteiger partial charge in [0.2, 0.25) is 5.91 Å². The molecule has 4 heteroatoms.